The van der Waals surface area contributed by atoms with E-state index in [1.165, 1.54) is 11.1 Å². The molecule has 1 heteroatoms. The van der Waals surface area contributed by atoms with Gasteiger partial charge in [-0.25, -0.2) is 0 Å². The molecule has 2 aromatic rings. The van der Waals surface area contributed by atoms with Gasteiger partial charge >= 0.3 is 0 Å². The van der Waals surface area contributed by atoms with Crippen LogP contribution in [0.2, 0.25) is 5.82 Å². The van der Waals surface area contributed by atoms with E-state index in [2.05, 4.69) is 74.5 Å². The van der Waals surface area contributed by atoms with Crippen LogP contribution in [0.25, 0.3) is 0 Å². The zero-order chi connectivity index (χ0) is 13.7. The summed E-state index contributed by atoms with van der Waals surface area (Å²) in [6.45, 7) is 4.36. The first-order valence-corrected chi connectivity index (χ1v) is 7.09. The molecule has 0 aliphatic rings. The molecule has 0 aromatic heterocycles. The first-order valence-electron chi connectivity index (χ1n) is 7.09. The van der Waals surface area contributed by atoms with Gasteiger partial charge in [0.1, 0.15) is 0 Å². The monoisotopic (exact) mass is 248 g/mol. The van der Waals surface area contributed by atoms with Gasteiger partial charge in [0.15, 0.2) is 0 Å². The highest BCUT2D eigenvalue weighted by Gasteiger charge is 2.25. The van der Waals surface area contributed by atoms with Crippen molar-refractivity contribution >= 4 is 7.85 Å². The van der Waals surface area contributed by atoms with Crippen molar-refractivity contribution in [2.75, 3.05) is 0 Å². The summed E-state index contributed by atoms with van der Waals surface area (Å²) in [4.78, 5) is 0. The van der Waals surface area contributed by atoms with Crippen LogP contribution in [0.1, 0.15) is 43.2 Å². The molecule has 0 spiro atoms. The van der Waals surface area contributed by atoms with E-state index in [-0.39, 0.29) is 5.82 Å². The fourth-order valence-corrected chi connectivity index (χ4v) is 2.97. The normalized spacial score (nSPS) is 15.7. The number of hydrogen-bond donors (Lipinski definition) is 0. The third kappa shape index (κ3) is 3.29. The van der Waals surface area contributed by atoms with Crippen LogP contribution in [0.4, 0.5) is 0 Å². The summed E-state index contributed by atoms with van der Waals surface area (Å²) in [7, 11) is 6.28. The van der Waals surface area contributed by atoms with E-state index in [4.69, 9.17) is 7.85 Å². The Kier molecular flexibility index (Phi) is 4.84. The summed E-state index contributed by atoms with van der Waals surface area (Å²) in [5.74, 6) is 0.991. The number of benzene rings is 2. The molecule has 0 nitrogen and oxygen atoms in total. The summed E-state index contributed by atoms with van der Waals surface area (Å²) >= 11 is 0. The summed E-state index contributed by atoms with van der Waals surface area (Å²) in [5, 5.41) is 0. The van der Waals surface area contributed by atoms with Crippen molar-refractivity contribution < 1.29 is 0 Å². The molecule has 0 bridgehead atoms. The van der Waals surface area contributed by atoms with Crippen molar-refractivity contribution in [2.45, 2.75) is 37.9 Å². The molecule has 3 atom stereocenters. The molecular weight excluding hydrogens is 227 g/mol. The highest BCUT2D eigenvalue weighted by Crippen LogP contribution is 2.41. The van der Waals surface area contributed by atoms with Crippen molar-refractivity contribution in [3.8, 4) is 0 Å². The lowest BCUT2D eigenvalue weighted by Crippen LogP contribution is -2.15. The van der Waals surface area contributed by atoms with Crippen LogP contribution in [0.15, 0.2) is 60.7 Å². The number of rotatable bonds is 5. The smallest absolute Gasteiger partial charge is 0.0704 e. The standard InChI is InChI=1S/C18H21B/c1-3-17(15-10-6-4-7-11-15)18(14(2)19)16-12-8-5-9-13-16/h4-14,17-18H,3H2,1-2H3/t14-,17+,18+/m0/s1. The molecule has 19 heavy (non-hydrogen) atoms. The van der Waals surface area contributed by atoms with Crippen LogP contribution in [0.5, 0.6) is 0 Å². The quantitative estimate of drug-likeness (QED) is 0.657. The Morgan fingerprint density at radius 1 is 0.842 bits per heavy atom. The highest BCUT2D eigenvalue weighted by atomic mass is 14.3. The summed E-state index contributed by atoms with van der Waals surface area (Å²) in [5.41, 5.74) is 2.73. The first-order chi connectivity index (χ1) is 9.24. The van der Waals surface area contributed by atoms with Crippen LogP contribution >= 0.6 is 0 Å². The zero-order valence-corrected chi connectivity index (χ0v) is 11.8. The average molecular weight is 248 g/mol. The van der Waals surface area contributed by atoms with E-state index in [9.17, 15) is 0 Å². The predicted molar refractivity (Wildman–Crippen MR) is 83.8 cm³/mol. The molecule has 0 saturated carbocycles. The third-order valence-corrected chi connectivity index (χ3v) is 3.85. The predicted octanol–water partition coefficient (Wildman–Crippen LogP) is 4.94. The summed E-state index contributed by atoms with van der Waals surface area (Å²) < 4.78 is 0. The molecule has 0 aliphatic heterocycles. The minimum Gasteiger partial charge on any atom is -0.0728 e. The van der Waals surface area contributed by atoms with Crippen LogP contribution in [-0.4, -0.2) is 7.85 Å². The molecule has 0 unspecified atom stereocenters. The lowest BCUT2D eigenvalue weighted by atomic mass is 9.66. The van der Waals surface area contributed by atoms with Gasteiger partial charge in [0.05, 0.1) is 7.85 Å². The van der Waals surface area contributed by atoms with Gasteiger partial charge in [0.25, 0.3) is 0 Å². The minimum absolute atomic E-state index is 0.146. The van der Waals surface area contributed by atoms with Crippen molar-refractivity contribution in [1.82, 2.24) is 0 Å². The molecule has 0 aliphatic carbocycles. The minimum atomic E-state index is 0.146. The highest BCUT2D eigenvalue weighted by molar-refractivity contribution is 6.12. The van der Waals surface area contributed by atoms with Crippen molar-refractivity contribution in [3.05, 3.63) is 71.8 Å². The molecule has 2 rings (SSSR count). The molecule has 2 radical (unpaired) electrons. The fraction of sp³-hybridized carbons (Fsp3) is 0.333. The van der Waals surface area contributed by atoms with Crippen LogP contribution in [-0.2, 0) is 0 Å². The van der Waals surface area contributed by atoms with Crippen molar-refractivity contribution in [1.29, 1.82) is 0 Å². The van der Waals surface area contributed by atoms with E-state index in [1.807, 2.05) is 0 Å². The Bertz CT molecular complexity index is 476. The Hall–Kier alpha value is -1.50. The third-order valence-electron chi connectivity index (χ3n) is 3.85. The zero-order valence-electron chi connectivity index (χ0n) is 11.8. The fourth-order valence-electron chi connectivity index (χ4n) is 2.97. The summed E-state index contributed by atoms with van der Waals surface area (Å²) in [6, 6.07) is 21.4. The maximum absolute atomic E-state index is 6.28. The Balaban J connectivity index is 2.38. The van der Waals surface area contributed by atoms with E-state index in [0.29, 0.717) is 11.8 Å². The second kappa shape index (κ2) is 6.61. The molecule has 96 valence electrons. The number of hydrogen-bond acceptors (Lipinski definition) is 0. The maximum atomic E-state index is 6.28. The van der Waals surface area contributed by atoms with Gasteiger partial charge in [0.2, 0.25) is 0 Å². The molecule has 2 aromatic carbocycles. The molecule has 0 N–H and O–H groups in total. The van der Waals surface area contributed by atoms with Crippen LogP contribution in [0.3, 0.4) is 0 Å². The lowest BCUT2D eigenvalue weighted by Gasteiger charge is -2.31. The SMILES string of the molecule is [B][C@@H](C)[C@H](c1ccccc1)[C@H](CC)c1ccccc1. The molecule has 0 saturated heterocycles. The topological polar surface area (TPSA) is 0 Å². The van der Waals surface area contributed by atoms with Gasteiger partial charge in [0, 0.05) is 0 Å². The molecular formula is C18H21B. The Morgan fingerprint density at radius 3 is 1.74 bits per heavy atom. The first kappa shape index (κ1) is 13.9. The Labute approximate surface area is 118 Å². The Morgan fingerprint density at radius 2 is 1.32 bits per heavy atom. The van der Waals surface area contributed by atoms with Crippen molar-refractivity contribution in [2.24, 2.45) is 0 Å². The van der Waals surface area contributed by atoms with Gasteiger partial charge in [-0.15, -0.1) is 0 Å². The van der Waals surface area contributed by atoms with Gasteiger partial charge in [-0.1, -0.05) is 80.3 Å². The van der Waals surface area contributed by atoms with E-state index < -0.39 is 0 Å². The van der Waals surface area contributed by atoms with E-state index in [0.717, 1.165) is 6.42 Å². The maximum Gasteiger partial charge on any atom is 0.0704 e. The van der Waals surface area contributed by atoms with Gasteiger partial charge in [-0.2, -0.15) is 0 Å². The van der Waals surface area contributed by atoms with Gasteiger partial charge in [-0.3, -0.25) is 0 Å². The van der Waals surface area contributed by atoms with Crippen molar-refractivity contribution in [3.63, 3.8) is 0 Å². The van der Waals surface area contributed by atoms with Crippen LogP contribution < -0.4 is 0 Å². The van der Waals surface area contributed by atoms with E-state index >= 15 is 0 Å². The molecule has 0 heterocycles. The second-order valence-electron chi connectivity index (χ2n) is 5.22. The van der Waals surface area contributed by atoms with Crippen LogP contribution in [0, 0.1) is 0 Å². The largest absolute Gasteiger partial charge is 0.0728 e. The van der Waals surface area contributed by atoms with Gasteiger partial charge < -0.3 is 0 Å². The van der Waals surface area contributed by atoms with Gasteiger partial charge in [-0.05, 0) is 29.4 Å². The second-order valence-corrected chi connectivity index (χ2v) is 5.22. The average Bonchev–Trinajstić information content (AvgIpc) is 2.46. The molecule has 0 amide bonds. The van der Waals surface area contributed by atoms with E-state index in [1.54, 1.807) is 0 Å². The summed E-state index contributed by atoms with van der Waals surface area (Å²) in [6.07, 6.45) is 1.10. The lowest BCUT2D eigenvalue weighted by molar-refractivity contribution is 0.510. The molecule has 0 fully saturated rings.